The summed E-state index contributed by atoms with van der Waals surface area (Å²) in [6, 6.07) is 11.9. The Morgan fingerprint density at radius 3 is 2.33 bits per heavy atom. The van der Waals surface area contributed by atoms with Crippen LogP contribution < -0.4 is 16.0 Å². The number of carbonyl (C=O) groups is 2. The van der Waals surface area contributed by atoms with Gasteiger partial charge in [-0.3, -0.25) is 4.79 Å². The van der Waals surface area contributed by atoms with E-state index in [0.29, 0.717) is 28.0 Å². The second-order valence-electron chi connectivity index (χ2n) is 6.21. The van der Waals surface area contributed by atoms with Crippen LogP contribution in [0, 0.1) is 0 Å². The number of amides is 3. The summed E-state index contributed by atoms with van der Waals surface area (Å²) < 4.78 is 0. The Hall–Kier alpha value is -2.28. The molecule has 2 aromatic rings. The Morgan fingerprint density at radius 1 is 1.04 bits per heavy atom. The molecule has 0 bridgehead atoms. The molecule has 0 aliphatic carbocycles. The van der Waals surface area contributed by atoms with Crippen LogP contribution in [-0.4, -0.2) is 37.5 Å². The molecule has 0 saturated heterocycles. The lowest BCUT2D eigenvalue weighted by Crippen LogP contribution is -2.37. The number of anilines is 2. The molecule has 2 rings (SSSR count). The summed E-state index contributed by atoms with van der Waals surface area (Å²) in [6.07, 6.45) is 0. The van der Waals surface area contributed by atoms with Gasteiger partial charge in [-0.05, 0) is 43.9 Å². The third kappa shape index (κ3) is 6.13. The maximum atomic E-state index is 12.3. The SMILES string of the molecule is CC(=O)Nc1ccc(NC(=O)NCC(c2ccccc2Cl)N(C)C)c(Cl)c1. The first-order valence-corrected chi connectivity index (χ1v) is 9.06. The summed E-state index contributed by atoms with van der Waals surface area (Å²) in [5, 5.41) is 9.14. The van der Waals surface area contributed by atoms with E-state index in [-0.39, 0.29) is 18.0 Å². The van der Waals surface area contributed by atoms with Crippen LogP contribution in [0.1, 0.15) is 18.5 Å². The molecular weight excluding hydrogens is 387 g/mol. The Morgan fingerprint density at radius 2 is 1.74 bits per heavy atom. The van der Waals surface area contributed by atoms with E-state index in [1.165, 1.54) is 6.92 Å². The second-order valence-corrected chi connectivity index (χ2v) is 7.03. The Bertz CT molecular complexity index is 827. The quantitative estimate of drug-likeness (QED) is 0.663. The molecule has 2 aromatic carbocycles. The zero-order chi connectivity index (χ0) is 20.0. The number of carbonyl (C=O) groups excluding carboxylic acids is 2. The van der Waals surface area contributed by atoms with Gasteiger partial charge in [-0.15, -0.1) is 0 Å². The van der Waals surface area contributed by atoms with Crippen molar-refractivity contribution >= 4 is 46.5 Å². The van der Waals surface area contributed by atoms with Crippen LogP contribution >= 0.6 is 23.2 Å². The van der Waals surface area contributed by atoms with Crippen molar-refractivity contribution in [3.63, 3.8) is 0 Å². The number of hydrogen-bond donors (Lipinski definition) is 3. The molecule has 27 heavy (non-hydrogen) atoms. The Kier molecular flexibility index (Phi) is 7.47. The van der Waals surface area contributed by atoms with Crippen molar-refractivity contribution < 1.29 is 9.59 Å². The van der Waals surface area contributed by atoms with Crippen molar-refractivity contribution in [1.82, 2.24) is 10.2 Å². The normalized spacial score (nSPS) is 11.8. The highest BCUT2D eigenvalue weighted by atomic mass is 35.5. The lowest BCUT2D eigenvalue weighted by atomic mass is 10.1. The number of halogens is 2. The van der Waals surface area contributed by atoms with E-state index in [1.54, 1.807) is 18.2 Å². The first-order valence-electron chi connectivity index (χ1n) is 8.30. The van der Waals surface area contributed by atoms with E-state index in [1.807, 2.05) is 43.3 Å². The fraction of sp³-hybridized carbons (Fsp3) is 0.263. The van der Waals surface area contributed by atoms with E-state index in [2.05, 4.69) is 16.0 Å². The van der Waals surface area contributed by atoms with Crippen molar-refractivity contribution in [3.05, 3.63) is 58.1 Å². The van der Waals surface area contributed by atoms with E-state index >= 15 is 0 Å². The van der Waals surface area contributed by atoms with Gasteiger partial charge in [0.25, 0.3) is 0 Å². The summed E-state index contributed by atoms with van der Waals surface area (Å²) in [4.78, 5) is 25.3. The summed E-state index contributed by atoms with van der Waals surface area (Å²) in [5.74, 6) is -0.196. The Balaban J connectivity index is 2.00. The maximum absolute atomic E-state index is 12.3. The fourth-order valence-corrected chi connectivity index (χ4v) is 3.06. The second kappa shape index (κ2) is 9.60. The zero-order valence-corrected chi connectivity index (χ0v) is 16.9. The first-order chi connectivity index (χ1) is 12.8. The molecular formula is C19H22Cl2N4O2. The average molecular weight is 409 g/mol. The maximum Gasteiger partial charge on any atom is 0.319 e. The molecule has 0 saturated carbocycles. The highest BCUT2D eigenvalue weighted by molar-refractivity contribution is 6.34. The van der Waals surface area contributed by atoms with Crippen molar-refractivity contribution in [2.75, 3.05) is 31.3 Å². The molecule has 8 heteroatoms. The molecule has 1 atom stereocenters. The molecule has 3 N–H and O–H groups in total. The topological polar surface area (TPSA) is 73.5 Å². The minimum Gasteiger partial charge on any atom is -0.336 e. The van der Waals surface area contributed by atoms with Gasteiger partial charge in [0.05, 0.1) is 16.8 Å². The molecule has 0 aliphatic heterocycles. The van der Waals surface area contributed by atoms with Crippen LogP contribution in [-0.2, 0) is 4.79 Å². The van der Waals surface area contributed by atoms with Gasteiger partial charge in [0.15, 0.2) is 0 Å². The highest BCUT2D eigenvalue weighted by Crippen LogP contribution is 2.27. The molecule has 0 spiro atoms. The van der Waals surface area contributed by atoms with Gasteiger partial charge < -0.3 is 20.9 Å². The van der Waals surface area contributed by atoms with Crippen LogP contribution in [0.5, 0.6) is 0 Å². The smallest absolute Gasteiger partial charge is 0.319 e. The highest BCUT2D eigenvalue weighted by Gasteiger charge is 2.18. The van der Waals surface area contributed by atoms with Crippen molar-refractivity contribution in [2.45, 2.75) is 13.0 Å². The van der Waals surface area contributed by atoms with Crippen molar-refractivity contribution in [3.8, 4) is 0 Å². The molecule has 3 amide bonds. The number of likely N-dealkylation sites (N-methyl/N-ethyl adjacent to an activating group) is 1. The number of nitrogens with one attached hydrogen (secondary N) is 3. The summed E-state index contributed by atoms with van der Waals surface area (Å²) in [6.45, 7) is 1.78. The molecule has 6 nitrogen and oxygen atoms in total. The minimum atomic E-state index is -0.386. The summed E-state index contributed by atoms with van der Waals surface area (Å²) >= 11 is 12.4. The average Bonchev–Trinajstić information content (AvgIpc) is 2.58. The molecule has 0 heterocycles. The van der Waals surface area contributed by atoms with Gasteiger partial charge in [0.2, 0.25) is 5.91 Å². The van der Waals surface area contributed by atoms with Gasteiger partial charge in [0.1, 0.15) is 0 Å². The molecule has 1 unspecified atom stereocenters. The van der Waals surface area contributed by atoms with E-state index < -0.39 is 0 Å². The predicted octanol–water partition coefficient (Wildman–Crippen LogP) is 4.38. The standard InChI is InChI=1S/C19H22Cl2N4O2/c1-12(26)23-13-8-9-17(16(21)10-13)24-19(27)22-11-18(25(2)3)14-6-4-5-7-15(14)20/h4-10,18H,11H2,1-3H3,(H,23,26)(H2,22,24,27). The van der Waals surface area contributed by atoms with Crippen LogP contribution in [0.3, 0.4) is 0 Å². The number of nitrogens with zero attached hydrogens (tertiary/aromatic N) is 1. The molecule has 0 fully saturated rings. The first kappa shape index (κ1) is 21.0. The zero-order valence-electron chi connectivity index (χ0n) is 15.3. The van der Waals surface area contributed by atoms with Gasteiger partial charge in [-0.1, -0.05) is 41.4 Å². The molecule has 0 radical (unpaired) electrons. The summed E-state index contributed by atoms with van der Waals surface area (Å²) in [5.41, 5.74) is 1.94. The van der Waals surface area contributed by atoms with Crippen molar-refractivity contribution in [1.29, 1.82) is 0 Å². The minimum absolute atomic E-state index is 0.0814. The number of urea groups is 1. The molecule has 144 valence electrons. The van der Waals surface area contributed by atoms with E-state index in [0.717, 1.165) is 5.56 Å². The number of hydrogen-bond acceptors (Lipinski definition) is 3. The lowest BCUT2D eigenvalue weighted by molar-refractivity contribution is -0.114. The Labute approximate surface area is 168 Å². The predicted molar refractivity (Wildman–Crippen MR) is 111 cm³/mol. The summed E-state index contributed by atoms with van der Waals surface area (Å²) in [7, 11) is 3.84. The van der Waals surface area contributed by atoms with Gasteiger partial charge >= 0.3 is 6.03 Å². The third-order valence-corrected chi connectivity index (χ3v) is 4.54. The fourth-order valence-electron chi connectivity index (χ4n) is 2.57. The number of rotatable bonds is 6. The van der Waals surface area contributed by atoms with Gasteiger partial charge in [-0.2, -0.15) is 0 Å². The van der Waals surface area contributed by atoms with Crippen LogP contribution in [0.15, 0.2) is 42.5 Å². The van der Waals surface area contributed by atoms with Crippen molar-refractivity contribution in [2.24, 2.45) is 0 Å². The van der Waals surface area contributed by atoms with Crippen LogP contribution in [0.2, 0.25) is 10.0 Å². The van der Waals surface area contributed by atoms with Crippen LogP contribution in [0.25, 0.3) is 0 Å². The van der Waals surface area contributed by atoms with E-state index in [4.69, 9.17) is 23.2 Å². The number of benzene rings is 2. The monoisotopic (exact) mass is 408 g/mol. The van der Waals surface area contributed by atoms with E-state index in [9.17, 15) is 9.59 Å². The molecule has 0 aliphatic rings. The largest absolute Gasteiger partial charge is 0.336 e. The molecule has 0 aromatic heterocycles. The van der Waals surface area contributed by atoms with Gasteiger partial charge in [-0.25, -0.2) is 4.79 Å². The lowest BCUT2D eigenvalue weighted by Gasteiger charge is -2.26. The van der Waals surface area contributed by atoms with Gasteiger partial charge in [0, 0.05) is 24.2 Å². The van der Waals surface area contributed by atoms with Crippen LogP contribution in [0.4, 0.5) is 16.2 Å². The third-order valence-electron chi connectivity index (χ3n) is 3.88.